The number of hydrogen-bond acceptors (Lipinski definition) is 5. The average Bonchev–Trinajstić information content (AvgIpc) is 2.78. The van der Waals surface area contributed by atoms with Gasteiger partial charge in [-0.2, -0.15) is 13.2 Å². The molecule has 0 aliphatic carbocycles. The highest BCUT2D eigenvalue weighted by Crippen LogP contribution is 2.32. The Morgan fingerprint density at radius 3 is 2.36 bits per heavy atom. The van der Waals surface area contributed by atoms with E-state index in [0.29, 0.717) is 31.9 Å². The molecule has 176 valence electrons. The summed E-state index contributed by atoms with van der Waals surface area (Å²) in [7, 11) is 0. The maximum atomic E-state index is 13.1. The van der Waals surface area contributed by atoms with E-state index >= 15 is 0 Å². The van der Waals surface area contributed by atoms with Crippen LogP contribution in [-0.4, -0.2) is 54.4 Å². The van der Waals surface area contributed by atoms with Crippen LogP contribution in [0.15, 0.2) is 42.5 Å². The molecule has 1 aliphatic heterocycles. The molecule has 1 N–H and O–H groups in total. The smallest absolute Gasteiger partial charge is 0.362 e. The van der Waals surface area contributed by atoms with Crippen molar-refractivity contribution < 1.29 is 27.7 Å². The number of nitro benzene ring substituents is 1. The van der Waals surface area contributed by atoms with Crippen LogP contribution >= 0.6 is 0 Å². The van der Waals surface area contributed by atoms with Gasteiger partial charge in [0, 0.05) is 51.3 Å². The molecule has 0 atom stereocenters. The number of benzene rings is 2. The van der Waals surface area contributed by atoms with Crippen LogP contribution in [0.2, 0.25) is 0 Å². The Hall–Kier alpha value is -3.63. The van der Waals surface area contributed by atoms with Crippen LogP contribution in [0.4, 0.5) is 24.5 Å². The van der Waals surface area contributed by atoms with Crippen molar-refractivity contribution in [1.29, 1.82) is 0 Å². The number of hydrogen-bond donors (Lipinski definition) is 1. The summed E-state index contributed by atoms with van der Waals surface area (Å²) in [5.74, 6) is -0.676. The highest BCUT2D eigenvalue weighted by atomic mass is 19.4. The molecule has 0 bridgehead atoms. The van der Waals surface area contributed by atoms with E-state index in [1.54, 1.807) is 9.80 Å². The fraction of sp³-hybridized carbons (Fsp3) is 0.364. The first-order valence-electron chi connectivity index (χ1n) is 10.3. The minimum atomic E-state index is -4.49. The highest BCUT2D eigenvalue weighted by Gasteiger charge is 2.32. The predicted molar refractivity (Wildman–Crippen MR) is 115 cm³/mol. The maximum absolute atomic E-state index is 13.1. The first-order chi connectivity index (χ1) is 15.6. The highest BCUT2D eigenvalue weighted by molar-refractivity contribution is 5.95. The normalized spacial score (nSPS) is 14.2. The van der Waals surface area contributed by atoms with Gasteiger partial charge in [0.15, 0.2) is 0 Å². The molecule has 2 aromatic rings. The molecule has 1 heterocycles. The van der Waals surface area contributed by atoms with E-state index in [-0.39, 0.29) is 35.7 Å². The lowest BCUT2D eigenvalue weighted by Gasteiger charge is -2.35. The van der Waals surface area contributed by atoms with Crippen molar-refractivity contribution in [2.45, 2.75) is 19.5 Å². The quantitative estimate of drug-likeness (QED) is 0.523. The third-order valence-corrected chi connectivity index (χ3v) is 5.50. The summed E-state index contributed by atoms with van der Waals surface area (Å²) in [6.07, 6.45) is -4.53. The van der Waals surface area contributed by atoms with Gasteiger partial charge < -0.3 is 15.1 Å². The lowest BCUT2D eigenvalue weighted by molar-refractivity contribution is -0.384. The van der Waals surface area contributed by atoms with E-state index < -0.39 is 22.6 Å². The summed E-state index contributed by atoms with van der Waals surface area (Å²) in [6.45, 7) is 3.12. The predicted octanol–water partition coefficient (Wildman–Crippen LogP) is 3.25. The fourth-order valence-corrected chi connectivity index (χ4v) is 3.77. The van der Waals surface area contributed by atoms with Crippen LogP contribution in [0.3, 0.4) is 0 Å². The van der Waals surface area contributed by atoms with Crippen molar-refractivity contribution in [2.24, 2.45) is 0 Å². The summed E-state index contributed by atoms with van der Waals surface area (Å²) >= 11 is 0. The molecule has 11 heteroatoms. The van der Waals surface area contributed by atoms with E-state index in [1.807, 2.05) is 0 Å². The second-order valence-electron chi connectivity index (χ2n) is 7.61. The Kier molecular flexibility index (Phi) is 7.19. The average molecular weight is 464 g/mol. The summed E-state index contributed by atoms with van der Waals surface area (Å²) in [5, 5.41) is 14.1. The second-order valence-corrected chi connectivity index (χ2v) is 7.61. The van der Waals surface area contributed by atoms with Crippen LogP contribution in [0, 0.1) is 10.1 Å². The Balaban J connectivity index is 1.68. The molecule has 0 spiro atoms. The number of alkyl halides is 3. The molecular formula is C22H23F3N4O4. The van der Waals surface area contributed by atoms with Crippen LogP contribution in [0.1, 0.15) is 28.4 Å². The zero-order valence-electron chi connectivity index (χ0n) is 17.9. The van der Waals surface area contributed by atoms with Crippen molar-refractivity contribution in [3.63, 3.8) is 0 Å². The Morgan fingerprint density at radius 2 is 1.76 bits per heavy atom. The minimum absolute atomic E-state index is 0.0388. The summed E-state index contributed by atoms with van der Waals surface area (Å²) in [4.78, 5) is 38.4. The molecule has 1 aliphatic rings. The molecule has 1 saturated heterocycles. The van der Waals surface area contributed by atoms with Gasteiger partial charge >= 0.3 is 6.18 Å². The molecular weight excluding hydrogens is 441 g/mol. The van der Waals surface area contributed by atoms with Crippen LogP contribution in [0.5, 0.6) is 0 Å². The largest absolute Gasteiger partial charge is 0.416 e. The number of nitrogens with one attached hydrogen (secondary N) is 1. The van der Waals surface area contributed by atoms with Crippen molar-refractivity contribution in [3.05, 3.63) is 69.3 Å². The monoisotopic (exact) mass is 464 g/mol. The number of amides is 2. The van der Waals surface area contributed by atoms with Gasteiger partial charge in [-0.1, -0.05) is 18.2 Å². The van der Waals surface area contributed by atoms with Crippen LogP contribution in [-0.2, 0) is 17.4 Å². The van der Waals surface area contributed by atoms with E-state index in [0.717, 1.165) is 12.1 Å². The summed E-state index contributed by atoms with van der Waals surface area (Å²) in [5.41, 5.74) is -0.572. The molecule has 2 aromatic carbocycles. The lowest BCUT2D eigenvalue weighted by atomic mass is 10.0. The van der Waals surface area contributed by atoms with Gasteiger partial charge in [-0.25, -0.2) is 0 Å². The molecule has 3 rings (SSSR count). The molecule has 8 nitrogen and oxygen atoms in total. The fourth-order valence-electron chi connectivity index (χ4n) is 3.77. The van der Waals surface area contributed by atoms with Crippen molar-refractivity contribution >= 4 is 23.2 Å². The van der Waals surface area contributed by atoms with Crippen molar-refractivity contribution in [3.8, 4) is 0 Å². The van der Waals surface area contributed by atoms with Gasteiger partial charge in [0.25, 0.3) is 11.6 Å². The Labute approximate surface area is 188 Å². The Bertz CT molecular complexity index is 1050. The maximum Gasteiger partial charge on any atom is 0.416 e. The molecule has 1 fully saturated rings. The number of carbonyl (C=O) groups excluding carboxylic acids is 2. The number of anilines is 1. The van der Waals surface area contributed by atoms with E-state index in [4.69, 9.17) is 0 Å². The van der Waals surface area contributed by atoms with Gasteiger partial charge in [0.2, 0.25) is 5.91 Å². The molecule has 0 radical (unpaired) electrons. The number of nitro groups is 1. The number of nitrogens with zero attached hydrogens (tertiary/aromatic N) is 3. The first-order valence-corrected chi connectivity index (χ1v) is 10.3. The van der Waals surface area contributed by atoms with E-state index in [9.17, 15) is 32.9 Å². The lowest BCUT2D eigenvalue weighted by Crippen LogP contribution is -2.48. The van der Waals surface area contributed by atoms with E-state index in [2.05, 4.69) is 5.32 Å². The van der Waals surface area contributed by atoms with Gasteiger partial charge in [-0.3, -0.25) is 19.7 Å². The molecule has 0 aromatic heterocycles. The molecule has 33 heavy (non-hydrogen) atoms. The second kappa shape index (κ2) is 9.88. The standard InChI is InChI=1S/C22H23F3N4O4/c1-15(30)27-10-12-28(13-11-27)19-7-6-17(14-20(19)29(32)33)21(31)26-9-8-16-4-2-3-5-18(16)22(23,24)25/h2-7,14H,8-13H2,1H3,(H,26,31). The molecule has 0 saturated carbocycles. The number of rotatable bonds is 6. The number of carbonyl (C=O) groups is 2. The van der Waals surface area contributed by atoms with Gasteiger partial charge in [0.1, 0.15) is 5.69 Å². The topological polar surface area (TPSA) is 95.8 Å². The zero-order valence-corrected chi connectivity index (χ0v) is 17.9. The van der Waals surface area contributed by atoms with Crippen molar-refractivity contribution in [1.82, 2.24) is 10.2 Å². The van der Waals surface area contributed by atoms with Gasteiger partial charge in [-0.15, -0.1) is 0 Å². The van der Waals surface area contributed by atoms with Gasteiger partial charge in [0.05, 0.1) is 10.5 Å². The third-order valence-electron chi connectivity index (χ3n) is 5.50. The molecule has 0 unspecified atom stereocenters. The SMILES string of the molecule is CC(=O)N1CCN(c2ccc(C(=O)NCCc3ccccc3C(F)(F)F)cc2[N+](=O)[O-])CC1. The Morgan fingerprint density at radius 1 is 1.09 bits per heavy atom. The minimum Gasteiger partial charge on any atom is -0.362 e. The summed E-state index contributed by atoms with van der Waals surface area (Å²) < 4.78 is 39.3. The zero-order chi connectivity index (χ0) is 24.2. The van der Waals surface area contributed by atoms with Crippen LogP contribution < -0.4 is 10.2 Å². The van der Waals surface area contributed by atoms with Crippen molar-refractivity contribution in [2.75, 3.05) is 37.6 Å². The molecule has 2 amide bonds. The third kappa shape index (κ3) is 5.79. The summed E-state index contributed by atoms with van der Waals surface area (Å²) in [6, 6.07) is 9.20. The van der Waals surface area contributed by atoms with Crippen LogP contribution in [0.25, 0.3) is 0 Å². The first kappa shape index (κ1) is 24.0. The number of halogens is 3. The van der Waals surface area contributed by atoms with Gasteiger partial charge in [-0.05, 0) is 30.2 Å². The van der Waals surface area contributed by atoms with E-state index in [1.165, 1.54) is 37.3 Å². The number of piperazine rings is 1.